The molecule has 1 aliphatic heterocycles. The van der Waals surface area contributed by atoms with Gasteiger partial charge in [-0.1, -0.05) is 18.2 Å². The van der Waals surface area contributed by atoms with Crippen molar-refractivity contribution < 1.29 is 17.9 Å². The topological polar surface area (TPSA) is 96.9 Å². The number of anilines is 1. The number of rotatable bonds is 7. The van der Waals surface area contributed by atoms with Gasteiger partial charge in [-0.2, -0.15) is 0 Å². The van der Waals surface area contributed by atoms with Crippen molar-refractivity contribution in [1.29, 1.82) is 0 Å². The number of nitrogens with one attached hydrogen (secondary N) is 2. The molecule has 1 heterocycles. The summed E-state index contributed by atoms with van der Waals surface area (Å²) < 4.78 is 32.8. The van der Waals surface area contributed by atoms with Crippen molar-refractivity contribution in [1.82, 2.24) is 4.72 Å². The number of benzene rings is 2. The van der Waals surface area contributed by atoms with Crippen molar-refractivity contribution in [3.63, 3.8) is 0 Å². The molecule has 8 heteroatoms. The van der Waals surface area contributed by atoms with Crippen molar-refractivity contribution in [2.24, 2.45) is 4.99 Å². The normalized spacial score (nSPS) is 13.9. The van der Waals surface area contributed by atoms with Gasteiger partial charge in [0.05, 0.1) is 11.5 Å². The zero-order valence-electron chi connectivity index (χ0n) is 16.1. The lowest BCUT2D eigenvalue weighted by atomic mass is 10.2. The van der Waals surface area contributed by atoms with E-state index in [9.17, 15) is 13.2 Å². The van der Waals surface area contributed by atoms with E-state index in [0.29, 0.717) is 31.1 Å². The highest BCUT2D eigenvalue weighted by molar-refractivity contribution is 7.90. The van der Waals surface area contributed by atoms with Crippen LogP contribution in [0.4, 0.5) is 5.69 Å². The minimum absolute atomic E-state index is 0.0698. The number of carbonyl (C=O) groups is 1. The number of aliphatic imine (C=N–C) groups is 1. The van der Waals surface area contributed by atoms with Gasteiger partial charge < -0.3 is 10.1 Å². The molecular weight excluding hydrogens is 390 g/mol. The summed E-state index contributed by atoms with van der Waals surface area (Å²) in [4.78, 5) is 16.4. The lowest BCUT2D eigenvalue weighted by Crippen LogP contribution is -2.29. The fraction of sp³-hybridized carbons (Fsp3) is 0.238. The van der Waals surface area contributed by atoms with Crippen LogP contribution in [0.15, 0.2) is 64.5 Å². The van der Waals surface area contributed by atoms with Crippen molar-refractivity contribution in [2.45, 2.75) is 24.7 Å². The Morgan fingerprint density at radius 2 is 2.00 bits per heavy atom. The first-order valence-corrected chi connectivity index (χ1v) is 10.8. The Bertz CT molecular complexity index is 1030. The number of ether oxygens (including phenoxy) is 1. The first-order valence-electron chi connectivity index (χ1n) is 9.34. The lowest BCUT2D eigenvalue weighted by Gasteiger charge is -2.09. The van der Waals surface area contributed by atoms with Gasteiger partial charge in [0.15, 0.2) is 0 Å². The molecule has 0 saturated heterocycles. The summed E-state index contributed by atoms with van der Waals surface area (Å²) in [7, 11) is -3.73. The predicted octanol–water partition coefficient (Wildman–Crippen LogP) is 3.21. The van der Waals surface area contributed by atoms with E-state index in [-0.39, 0.29) is 10.8 Å². The highest BCUT2D eigenvalue weighted by atomic mass is 32.2. The lowest BCUT2D eigenvalue weighted by molar-refractivity contribution is -0.111. The van der Waals surface area contributed by atoms with Gasteiger partial charge >= 0.3 is 0 Å². The molecule has 0 fully saturated rings. The van der Waals surface area contributed by atoms with E-state index in [0.717, 1.165) is 17.7 Å². The summed E-state index contributed by atoms with van der Waals surface area (Å²) in [6, 6.07) is 13.5. The fourth-order valence-electron chi connectivity index (χ4n) is 2.78. The van der Waals surface area contributed by atoms with Crippen LogP contribution in [0, 0.1) is 0 Å². The standard InChI is InChI=1S/C21H23N3O4S/c1-2-28-18-11-8-16(9-12-18)10-13-21(25)23-17-5-3-6-19(15-17)29(26,27)24-20-7-4-14-22-20/h3,5-6,8-13,15H,2,4,7,14H2,1H3,(H,22,24)(H,23,25). The number of amides is 1. The number of sulfonamides is 1. The third-order valence-corrected chi connectivity index (χ3v) is 5.54. The second-order valence-electron chi connectivity index (χ2n) is 6.39. The Balaban J connectivity index is 1.64. The van der Waals surface area contributed by atoms with Gasteiger partial charge in [-0.05, 0) is 55.3 Å². The maximum absolute atomic E-state index is 12.5. The van der Waals surface area contributed by atoms with Gasteiger partial charge in [-0.15, -0.1) is 0 Å². The second kappa shape index (κ2) is 9.38. The molecule has 0 radical (unpaired) electrons. The Morgan fingerprint density at radius 1 is 1.21 bits per heavy atom. The largest absolute Gasteiger partial charge is 0.494 e. The number of hydrogen-bond donors (Lipinski definition) is 2. The third-order valence-electron chi connectivity index (χ3n) is 4.16. The van der Waals surface area contributed by atoms with E-state index in [4.69, 9.17) is 4.74 Å². The molecule has 0 aromatic heterocycles. The second-order valence-corrected chi connectivity index (χ2v) is 8.07. The van der Waals surface area contributed by atoms with Crippen LogP contribution in [-0.2, 0) is 14.8 Å². The van der Waals surface area contributed by atoms with E-state index >= 15 is 0 Å². The Morgan fingerprint density at radius 3 is 2.69 bits per heavy atom. The molecule has 0 atom stereocenters. The van der Waals surface area contributed by atoms with Crippen LogP contribution in [0.2, 0.25) is 0 Å². The molecule has 29 heavy (non-hydrogen) atoms. The van der Waals surface area contributed by atoms with Gasteiger partial charge in [-0.25, -0.2) is 8.42 Å². The first kappa shape index (κ1) is 20.6. The van der Waals surface area contributed by atoms with Crippen LogP contribution in [0.25, 0.3) is 6.08 Å². The average molecular weight is 413 g/mol. The zero-order chi connectivity index (χ0) is 20.7. The highest BCUT2D eigenvalue weighted by Gasteiger charge is 2.18. The highest BCUT2D eigenvalue weighted by Crippen LogP contribution is 2.17. The predicted molar refractivity (Wildman–Crippen MR) is 114 cm³/mol. The molecule has 7 nitrogen and oxygen atoms in total. The van der Waals surface area contributed by atoms with E-state index < -0.39 is 10.0 Å². The molecule has 0 bridgehead atoms. The van der Waals surface area contributed by atoms with Crippen LogP contribution in [0.3, 0.4) is 0 Å². The first-order chi connectivity index (χ1) is 14.0. The molecule has 0 unspecified atom stereocenters. The molecule has 0 aliphatic carbocycles. The smallest absolute Gasteiger partial charge is 0.262 e. The number of amidine groups is 1. The quantitative estimate of drug-likeness (QED) is 0.681. The Hall–Kier alpha value is -3.13. The third kappa shape index (κ3) is 5.92. The van der Waals surface area contributed by atoms with E-state index in [1.54, 1.807) is 18.2 Å². The average Bonchev–Trinajstić information content (AvgIpc) is 3.20. The van der Waals surface area contributed by atoms with Crippen LogP contribution < -0.4 is 14.8 Å². The molecule has 2 aromatic carbocycles. The van der Waals surface area contributed by atoms with Crippen LogP contribution in [0.1, 0.15) is 25.3 Å². The molecule has 152 valence electrons. The number of nitrogens with zero attached hydrogens (tertiary/aromatic N) is 1. The minimum Gasteiger partial charge on any atom is -0.494 e. The summed E-state index contributed by atoms with van der Waals surface area (Å²) in [6.45, 7) is 3.14. The molecule has 0 saturated carbocycles. The summed E-state index contributed by atoms with van der Waals surface area (Å²) in [6.07, 6.45) is 4.52. The fourth-order valence-corrected chi connectivity index (χ4v) is 3.91. The number of carbonyl (C=O) groups excluding carboxylic acids is 1. The Kier molecular flexibility index (Phi) is 6.66. The monoisotopic (exact) mass is 413 g/mol. The van der Waals surface area contributed by atoms with Crippen molar-refractivity contribution >= 4 is 33.5 Å². The molecule has 3 rings (SSSR count). The van der Waals surface area contributed by atoms with E-state index in [1.807, 2.05) is 31.2 Å². The molecule has 1 aliphatic rings. The van der Waals surface area contributed by atoms with Gasteiger partial charge in [0.1, 0.15) is 11.6 Å². The van der Waals surface area contributed by atoms with Crippen LogP contribution in [-0.4, -0.2) is 33.3 Å². The maximum Gasteiger partial charge on any atom is 0.262 e. The minimum atomic E-state index is -3.73. The van der Waals surface area contributed by atoms with Gasteiger partial charge in [0, 0.05) is 24.7 Å². The van der Waals surface area contributed by atoms with Crippen molar-refractivity contribution in [3.8, 4) is 5.75 Å². The summed E-state index contributed by atoms with van der Waals surface area (Å²) in [5, 5.41) is 2.68. The van der Waals surface area contributed by atoms with Crippen molar-refractivity contribution in [2.75, 3.05) is 18.5 Å². The van der Waals surface area contributed by atoms with Crippen molar-refractivity contribution in [3.05, 3.63) is 60.2 Å². The Labute approximate surface area is 170 Å². The van der Waals surface area contributed by atoms with Crippen LogP contribution in [0.5, 0.6) is 5.75 Å². The molecular formula is C21H23N3O4S. The molecule has 2 N–H and O–H groups in total. The maximum atomic E-state index is 12.5. The summed E-state index contributed by atoms with van der Waals surface area (Å²) >= 11 is 0. The van der Waals surface area contributed by atoms with Crippen LogP contribution >= 0.6 is 0 Å². The van der Waals surface area contributed by atoms with E-state index in [2.05, 4.69) is 15.0 Å². The molecule has 1 amide bonds. The number of hydrogen-bond acceptors (Lipinski definition) is 5. The van der Waals surface area contributed by atoms with Gasteiger partial charge in [-0.3, -0.25) is 14.5 Å². The van der Waals surface area contributed by atoms with Gasteiger partial charge in [0.2, 0.25) is 5.91 Å². The summed E-state index contributed by atoms with van der Waals surface area (Å²) in [5.74, 6) is 0.878. The molecule has 2 aromatic rings. The van der Waals surface area contributed by atoms with Gasteiger partial charge in [0.25, 0.3) is 10.0 Å². The zero-order valence-corrected chi connectivity index (χ0v) is 16.9. The SMILES string of the molecule is CCOc1ccc(C=CC(=O)Nc2cccc(S(=O)(=O)NC3=NCCC3)c2)cc1. The van der Waals surface area contributed by atoms with E-state index in [1.165, 1.54) is 18.2 Å². The molecule has 0 spiro atoms. The summed E-state index contributed by atoms with van der Waals surface area (Å²) in [5.41, 5.74) is 1.24.